The Morgan fingerprint density at radius 1 is 1.16 bits per heavy atom. The number of benzene rings is 1. The lowest BCUT2D eigenvalue weighted by molar-refractivity contribution is -0.134. The maximum atomic E-state index is 13.8. The summed E-state index contributed by atoms with van der Waals surface area (Å²) >= 11 is 3.28. The first kappa shape index (κ1) is 26.0. The van der Waals surface area contributed by atoms with Gasteiger partial charge in [-0.2, -0.15) is 16.4 Å². The summed E-state index contributed by atoms with van der Waals surface area (Å²) in [6.07, 6.45) is 0. The number of hydrogen-bond acceptors (Lipinski definition) is 6. The molecule has 5 rings (SSSR count). The highest BCUT2D eigenvalue weighted by molar-refractivity contribution is 8.00. The number of thioether (sulfide) groups is 1. The predicted molar refractivity (Wildman–Crippen MR) is 150 cm³/mol. The van der Waals surface area contributed by atoms with Crippen LogP contribution in [0.5, 0.6) is 0 Å². The number of amides is 2. The molecular formula is C28H34N4O3S2. The van der Waals surface area contributed by atoms with Crippen molar-refractivity contribution in [2.45, 2.75) is 45.3 Å². The molecule has 1 saturated heterocycles. The number of aryl methyl sites for hydroxylation is 2. The second kappa shape index (κ2) is 10.3. The van der Waals surface area contributed by atoms with Crippen LogP contribution < -0.4 is 4.90 Å². The third-order valence-corrected chi connectivity index (χ3v) is 8.84. The summed E-state index contributed by atoms with van der Waals surface area (Å²) in [5.74, 6) is 0.871. The fraction of sp³-hybridized carbons (Fsp3) is 0.464. The molecule has 9 heteroatoms. The molecule has 0 saturated carbocycles. The van der Waals surface area contributed by atoms with Gasteiger partial charge in [-0.15, -0.1) is 11.8 Å². The van der Waals surface area contributed by atoms with Gasteiger partial charge in [0, 0.05) is 24.1 Å². The summed E-state index contributed by atoms with van der Waals surface area (Å²) < 4.78 is 7.36. The molecule has 1 aromatic carbocycles. The molecule has 2 amide bonds. The number of morpholine rings is 1. The monoisotopic (exact) mass is 538 g/mol. The minimum atomic E-state index is -0.268. The summed E-state index contributed by atoms with van der Waals surface area (Å²) in [7, 11) is 0. The van der Waals surface area contributed by atoms with Gasteiger partial charge >= 0.3 is 0 Å². The van der Waals surface area contributed by atoms with Crippen LogP contribution in [0.25, 0.3) is 5.69 Å². The van der Waals surface area contributed by atoms with Crippen molar-refractivity contribution in [3.8, 4) is 5.69 Å². The van der Waals surface area contributed by atoms with Gasteiger partial charge in [0.1, 0.15) is 12.4 Å². The van der Waals surface area contributed by atoms with E-state index in [0.717, 1.165) is 33.6 Å². The molecule has 2 aliphatic rings. The number of anilines is 1. The van der Waals surface area contributed by atoms with Crippen molar-refractivity contribution < 1.29 is 14.3 Å². The fourth-order valence-corrected chi connectivity index (χ4v) is 6.98. The van der Waals surface area contributed by atoms with Crippen molar-refractivity contribution in [1.82, 2.24) is 14.7 Å². The van der Waals surface area contributed by atoms with Gasteiger partial charge in [0.2, 0.25) is 11.8 Å². The Kier molecular flexibility index (Phi) is 7.22. The molecule has 2 aliphatic heterocycles. The van der Waals surface area contributed by atoms with Crippen molar-refractivity contribution in [1.29, 1.82) is 0 Å². The Bertz CT molecular complexity index is 1300. The molecule has 4 heterocycles. The van der Waals surface area contributed by atoms with E-state index in [0.29, 0.717) is 37.9 Å². The quantitative estimate of drug-likeness (QED) is 0.474. The summed E-state index contributed by atoms with van der Waals surface area (Å²) in [5.41, 5.74) is 6.03. The van der Waals surface area contributed by atoms with Crippen LogP contribution in [0.3, 0.4) is 0 Å². The van der Waals surface area contributed by atoms with Crippen molar-refractivity contribution in [2.24, 2.45) is 0 Å². The van der Waals surface area contributed by atoms with Crippen LogP contribution in [0, 0.1) is 13.8 Å². The molecule has 1 atom stereocenters. The van der Waals surface area contributed by atoms with Crippen LogP contribution >= 0.6 is 23.1 Å². The molecule has 0 spiro atoms. The number of carbonyl (C=O) groups is 2. The molecule has 3 aromatic rings. The first-order valence-corrected chi connectivity index (χ1v) is 14.6. The molecular weight excluding hydrogens is 504 g/mol. The van der Waals surface area contributed by atoms with E-state index in [1.165, 1.54) is 0 Å². The summed E-state index contributed by atoms with van der Waals surface area (Å²) in [6, 6.07) is 8.40. The van der Waals surface area contributed by atoms with Crippen LogP contribution in [0.15, 0.2) is 35.0 Å². The predicted octanol–water partition coefficient (Wildman–Crippen LogP) is 4.88. The maximum Gasteiger partial charge on any atom is 0.242 e. The van der Waals surface area contributed by atoms with Crippen LogP contribution in [0.4, 0.5) is 5.82 Å². The SMILES string of the molecule is Cc1ccc(-n2nc(C(C)(C)C)c3c2N(CC(=O)N2CCOCC2)C(=O)CS[C@@H]3c2ccsc2)c(C)c1. The molecule has 1 fully saturated rings. The Morgan fingerprint density at radius 2 is 1.92 bits per heavy atom. The van der Waals surface area contributed by atoms with Gasteiger partial charge in [0.15, 0.2) is 0 Å². The Hall–Kier alpha value is -2.62. The first-order valence-electron chi connectivity index (χ1n) is 12.7. The number of ether oxygens (including phenoxy) is 1. The molecule has 37 heavy (non-hydrogen) atoms. The van der Waals surface area contributed by atoms with E-state index in [4.69, 9.17) is 9.84 Å². The third-order valence-electron chi connectivity index (χ3n) is 6.88. The van der Waals surface area contributed by atoms with Gasteiger partial charge in [-0.25, -0.2) is 4.68 Å². The van der Waals surface area contributed by atoms with Crippen molar-refractivity contribution in [3.63, 3.8) is 0 Å². The van der Waals surface area contributed by atoms with E-state index >= 15 is 0 Å². The van der Waals surface area contributed by atoms with Gasteiger partial charge in [0.25, 0.3) is 0 Å². The van der Waals surface area contributed by atoms with E-state index in [2.05, 4.69) is 69.6 Å². The number of hydrogen-bond donors (Lipinski definition) is 0. The summed E-state index contributed by atoms with van der Waals surface area (Å²) in [6.45, 7) is 12.7. The van der Waals surface area contributed by atoms with Crippen molar-refractivity contribution in [3.05, 3.63) is 63.0 Å². The van der Waals surface area contributed by atoms with Crippen LogP contribution in [-0.4, -0.2) is 65.1 Å². The molecule has 0 radical (unpaired) electrons. The van der Waals surface area contributed by atoms with Gasteiger partial charge in [0.05, 0.1) is 35.6 Å². The molecule has 7 nitrogen and oxygen atoms in total. The number of carbonyl (C=O) groups excluding carboxylic acids is 2. The average molecular weight is 539 g/mol. The second-order valence-electron chi connectivity index (χ2n) is 10.8. The molecule has 0 aliphatic carbocycles. The van der Waals surface area contributed by atoms with E-state index in [1.54, 1.807) is 32.9 Å². The minimum absolute atomic E-state index is 0.0110. The van der Waals surface area contributed by atoms with E-state index in [-0.39, 0.29) is 29.0 Å². The molecule has 0 N–H and O–H groups in total. The largest absolute Gasteiger partial charge is 0.378 e. The Labute approximate surface area is 226 Å². The van der Waals surface area contributed by atoms with E-state index in [9.17, 15) is 9.59 Å². The van der Waals surface area contributed by atoms with Crippen LogP contribution in [0.2, 0.25) is 0 Å². The zero-order valence-electron chi connectivity index (χ0n) is 22.1. The first-order chi connectivity index (χ1) is 17.6. The second-order valence-corrected chi connectivity index (χ2v) is 12.6. The minimum Gasteiger partial charge on any atom is -0.378 e. The zero-order chi connectivity index (χ0) is 26.3. The normalized spacial score (nSPS) is 18.6. The summed E-state index contributed by atoms with van der Waals surface area (Å²) in [5, 5.41) is 9.38. The van der Waals surface area contributed by atoms with Gasteiger partial charge in [-0.3, -0.25) is 14.5 Å². The number of fused-ring (bicyclic) bond motifs is 1. The number of thiophene rings is 1. The Balaban J connectivity index is 1.73. The van der Waals surface area contributed by atoms with Gasteiger partial charge in [-0.1, -0.05) is 38.5 Å². The number of nitrogens with zero attached hydrogens (tertiary/aromatic N) is 4. The number of aromatic nitrogens is 2. The number of rotatable bonds is 4. The highest BCUT2D eigenvalue weighted by Gasteiger charge is 2.40. The lowest BCUT2D eigenvalue weighted by Crippen LogP contribution is -2.48. The molecule has 2 aromatic heterocycles. The lowest BCUT2D eigenvalue weighted by atomic mass is 9.87. The highest BCUT2D eigenvalue weighted by Crippen LogP contribution is 2.49. The standard InChI is InChI=1S/C28H34N4O3S2/c1-18-6-7-21(19(2)14-18)32-27-24(26(29-32)28(3,4)5)25(20-8-13-36-16-20)37-17-23(34)31(27)15-22(33)30-9-11-35-12-10-30/h6-8,13-14,16,25H,9-12,15,17H2,1-5H3/t25-/m1/s1. The fourth-order valence-electron chi connectivity index (χ4n) is 5.02. The third kappa shape index (κ3) is 5.09. The van der Waals surface area contributed by atoms with E-state index in [1.807, 2.05) is 4.68 Å². The lowest BCUT2D eigenvalue weighted by Gasteiger charge is -2.30. The molecule has 0 bridgehead atoms. The van der Waals surface area contributed by atoms with Crippen molar-refractivity contribution in [2.75, 3.05) is 43.5 Å². The summed E-state index contributed by atoms with van der Waals surface area (Å²) in [4.78, 5) is 30.7. The zero-order valence-corrected chi connectivity index (χ0v) is 23.7. The smallest absolute Gasteiger partial charge is 0.242 e. The van der Waals surface area contributed by atoms with Crippen LogP contribution in [-0.2, 0) is 19.7 Å². The van der Waals surface area contributed by atoms with Gasteiger partial charge < -0.3 is 9.64 Å². The highest BCUT2D eigenvalue weighted by atomic mass is 32.2. The molecule has 196 valence electrons. The van der Waals surface area contributed by atoms with Gasteiger partial charge in [-0.05, 0) is 47.9 Å². The van der Waals surface area contributed by atoms with Crippen molar-refractivity contribution >= 4 is 40.7 Å². The average Bonchev–Trinajstić information content (AvgIpc) is 3.49. The Morgan fingerprint density at radius 3 is 2.57 bits per heavy atom. The maximum absolute atomic E-state index is 13.8. The topological polar surface area (TPSA) is 67.7 Å². The van der Waals surface area contributed by atoms with Crippen LogP contribution in [0.1, 0.15) is 54.0 Å². The van der Waals surface area contributed by atoms with E-state index < -0.39 is 0 Å². The molecule has 0 unspecified atom stereocenters.